The number of alkyl halides is 2. The molecule has 0 aliphatic rings. The third kappa shape index (κ3) is 2.87. The number of nitrogens with zero attached hydrogens (tertiary/aromatic N) is 5. The number of hydrogen-bond donors (Lipinski definition) is 0. The van der Waals surface area contributed by atoms with Crippen LogP contribution < -0.4 is 0 Å². The average Bonchev–Trinajstić information content (AvgIpc) is 3.24. The van der Waals surface area contributed by atoms with Crippen molar-refractivity contribution in [3.63, 3.8) is 0 Å². The smallest absolute Gasteiger partial charge is 0.264 e. The first-order valence-electron chi connectivity index (χ1n) is 8.45. The average molecular weight is 371 g/mol. The molecule has 0 fully saturated rings. The Bertz CT molecular complexity index is 1110. The Morgan fingerprint density at radius 1 is 1.07 bits per heavy atom. The maximum atomic E-state index is 13.7. The molecule has 3 heterocycles. The van der Waals surface area contributed by atoms with E-state index in [0.717, 1.165) is 5.69 Å². The van der Waals surface area contributed by atoms with Crippen molar-refractivity contribution >= 4 is 11.0 Å². The molecule has 4 aromatic rings. The summed E-state index contributed by atoms with van der Waals surface area (Å²) in [6.45, 7) is 4.49. The number of halogens is 3. The number of fused-ring (bicyclic) bond motifs is 1. The van der Waals surface area contributed by atoms with Crippen LogP contribution in [0.4, 0.5) is 13.2 Å². The fourth-order valence-electron chi connectivity index (χ4n) is 3.13. The zero-order valence-electron chi connectivity index (χ0n) is 14.7. The van der Waals surface area contributed by atoms with E-state index in [2.05, 4.69) is 15.2 Å². The van der Waals surface area contributed by atoms with Crippen molar-refractivity contribution in [2.45, 2.75) is 26.8 Å². The summed E-state index contributed by atoms with van der Waals surface area (Å²) in [6.07, 6.45) is 0.307. The summed E-state index contributed by atoms with van der Waals surface area (Å²) in [6, 6.07) is 7.01. The molecule has 0 unspecified atom stereocenters. The molecule has 27 heavy (non-hydrogen) atoms. The van der Waals surface area contributed by atoms with E-state index in [4.69, 9.17) is 0 Å². The van der Waals surface area contributed by atoms with Crippen LogP contribution >= 0.6 is 0 Å². The zero-order chi connectivity index (χ0) is 19.1. The Morgan fingerprint density at radius 2 is 1.81 bits per heavy atom. The van der Waals surface area contributed by atoms with Gasteiger partial charge in [-0.1, -0.05) is 0 Å². The van der Waals surface area contributed by atoms with E-state index < -0.39 is 6.43 Å². The largest absolute Gasteiger partial charge is 0.269 e. The van der Waals surface area contributed by atoms with Gasteiger partial charge >= 0.3 is 0 Å². The van der Waals surface area contributed by atoms with E-state index in [-0.39, 0.29) is 22.4 Å². The lowest BCUT2D eigenvalue weighted by Gasteiger charge is -2.09. The second-order valence-electron chi connectivity index (χ2n) is 6.13. The molecule has 0 saturated heterocycles. The zero-order valence-corrected chi connectivity index (χ0v) is 14.7. The minimum absolute atomic E-state index is 0.146. The van der Waals surface area contributed by atoms with Gasteiger partial charge in [-0.2, -0.15) is 10.2 Å². The molecule has 0 saturated carbocycles. The van der Waals surface area contributed by atoms with Crippen LogP contribution in [0.5, 0.6) is 0 Å². The van der Waals surface area contributed by atoms with Gasteiger partial charge in [0.05, 0.1) is 23.8 Å². The number of aromatic nitrogens is 5. The topological polar surface area (TPSA) is 48.5 Å². The molecule has 3 aromatic heterocycles. The third-order valence-electron chi connectivity index (χ3n) is 4.56. The third-order valence-corrected chi connectivity index (χ3v) is 4.56. The molecular weight excluding hydrogens is 355 g/mol. The number of hydrogen-bond acceptors (Lipinski definition) is 3. The summed E-state index contributed by atoms with van der Waals surface area (Å²) in [5, 5.41) is 8.73. The quantitative estimate of drug-likeness (QED) is 0.523. The summed E-state index contributed by atoms with van der Waals surface area (Å²) in [4.78, 5) is 4.58. The minimum atomic E-state index is -2.68. The van der Waals surface area contributed by atoms with Crippen LogP contribution in [0.25, 0.3) is 28.0 Å². The molecule has 0 aliphatic carbocycles. The van der Waals surface area contributed by atoms with Crippen molar-refractivity contribution < 1.29 is 13.2 Å². The Hall–Kier alpha value is -3.16. The highest BCUT2D eigenvalue weighted by Gasteiger charge is 2.20. The number of pyridine rings is 1. The Balaban J connectivity index is 1.97. The Morgan fingerprint density at radius 3 is 2.44 bits per heavy atom. The van der Waals surface area contributed by atoms with E-state index in [1.807, 2.05) is 13.8 Å². The highest BCUT2D eigenvalue weighted by molar-refractivity contribution is 5.84. The molecule has 8 heteroatoms. The van der Waals surface area contributed by atoms with Crippen LogP contribution in [-0.4, -0.2) is 24.5 Å². The van der Waals surface area contributed by atoms with Gasteiger partial charge in [0.15, 0.2) is 5.65 Å². The van der Waals surface area contributed by atoms with Crippen LogP contribution in [0, 0.1) is 12.7 Å². The second kappa shape index (κ2) is 6.53. The second-order valence-corrected chi connectivity index (χ2v) is 6.13. The van der Waals surface area contributed by atoms with E-state index >= 15 is 0 Å². The fourth-order valence-corrected chi connectivity index (χ4v) is 3.13. The number of aryl methyl sites for hydroxylation is 1. The van der Waals surface area contributed by atoms with Crippen LogP contribution in [0.3, 0.4) is 0 Å². The molecule has 1 aromatic carbocycles. The fraction of sp³-hybridized carbons (Fsp3) is 0.211. The molecule has 0 radical (unpaired) electrons. The lowest BCUT2D eigenvalue weighted by molar-refractivity contribution is 0.153. The number of rotatable bonds is 4. The Labute approximate surface area is 153 Å². The molecule has 0 atom stereocenters. The minimum Gasteiger partial charge on any atom is -0.269 e. The van der Waals surface area contributed by atoms with Gasteiger partial charge in [-0.25, -0.2) is 22.8 Å². The molecule has 0 amide bonds. The first-order valence-corrected chi connectivity index (χ1v) is 8.45. The summed E-state index contributed by atoms with van der Waals surface area (Å²) in [5.74, 6) is -0.389. The monoisotopic (exact) mass is 371 g/mol. The van der Waals surface area contributed by atoms with Crippen LogP contribution in [0.2, 0.25) is 0 Å². The first kappa shape index (κ1) is 17.3. The van der Waals surface area contributed by atoms with Crippen molar-refractivity contribution in [1.29, 1.82) is 0 Å². The van der Waals surface area contributed by atoms with Gasteiger partial charge in [-0.05, 0) is 44.2 Å². The normalized spacial score (nSPS) is 11.6. The van der Waals surface area contributed by atoms with E-state index in [0.29, 0.717) is 23.5 Å². The van der Waals surface area contributed by atoms with E-state index in [9.17, 15) is 13.2 Å². The van der Waals surface area contributed by atoms with Gasteiger partial charge < -0.3 is 0 Å². The molecular formula is C19H16F3N5. The molecule has 4 rings (SSSR count). The molecule has 5 nitrogen and oxygen atoms in total. The first-order chi connectivity index (χ1) is 13.0. The SMILES string of the molecule is CCn1ncc(-c2cc(C(F)F)c3cnn(-c4ccc(F)cc4)c3n2)c1C. The highest BCUT2D eigenvalue weighted by Crippen LogP contribution is 2.33. The summed E-state index contributed by atoms with van der Waals surface area (Å²) in [5.41, 5.74) is 2.62. The van der Waals surface area contributed by atoms with E-state index in [1.165, 1.54) is 41.2 Å². The van der Waals surface area contributed by atoms with Crippen LogP contribution in [0.15, 0.2) is 42.7 Å². The molecule has 0 spiro atoms. The van der Waals surface area contributed by atoms with E-state index in [1.54, 1.807) is 10.9 Å². The molecule has 138 valence electrons. The van der Waals surface area contributed by atoms with Crippen LogP contribution in [-0.2, 0) is 6.54 Å². The van der Waals surface area contributed by atoms with Crippen molar-refractivity contribution in [2.24, 2.45) is 0 Å². The maximum Gasteiger partial charge on any atom is 0.264 e. The predicted molar refractivity (Wildman–Crippen MR) is 95.4 cm³/mol. The summed E-state index contributed by atoms with van der Waals surface area (Å²) < 4.78 is 43.8. The van der Waals surface area contributed by atoms with Crippen molar-refractivity contribution in [3.05, 3.63) is 59.8 Å². The van der Waals surface area contributed by atoms with Crippen molar-refractivity contribution in [1.82, 2.24) is 24.5 Å². The maximum absolute atomic E-state index is 13.7. The van der Waals surface area contributed by atoms with Crippen molar-refractivity contribution in [3.8, 4) is 16.9 Å². The lowest BCUT2D eigenvalue weighted by Crippen LogP contribution is -2.01. The number of benzene rings is 1. The van der Waals surface area contributed by atoms with Crippen LogP contribution in [0.1, 0.15) is 24.6 Å². The Kier molecular flexibility index (Phi) is 4.18. The summed E-state index contributed by atoms with van der Waals surface area (Å²) in [7, 11) is 0. The predicted octanol–water partition coefficient (Wildman–Crippen LogP) is 4.69. The van der Waals surface area contributed by atoms with Gasteiger partial charge in [0.1, 0.15) is 5.82 Å². The molecule has 0 bridgehead atoms. The molecule has 0 aliphatic heterocycles. The van der Waals surface area contributed by atoms with Crippen molar-refractivity contribution in [2.75, 3.05) is 0 Å². The van der Waals surface area contributed by atoms with Gasteiger partial charge in [0, 0.05) is 28.8 Å². The lowest BCUT2D eigenvalue weighted by atomic mass is 10.1. The standard InChI is InChI=1S/C19H16F3N5/c1-3-26-11(2)15(9-23-26)17-8-14(18(21)22)16-10-24-27(19(16)25-17)13-6-4-12(20)5-7-13/h4-10,18H,3H2,1-2H3. The van der Waals surface area contributed by atoms with Gasteiger partial charge in [0.25, 0.3) is 6.43 Å². The van der Waals surface area contributed by atoms with Gasteiger partial charge in [-0.15, -0.1) is 0 Å². The van der Waals surface area contributed by atoms with Gasteiger partial charge in [-0.3, -0.25) is 4.68 Å². The van der Waals surface area contributed by atoms with Gasteiger partial charge in [0.2, 0.25) is 0 Å². The molecule has 0 N–H and O–H groups in total. The summed E-state index contributed by atoms with van der Waals surface area (Å²) >= 11 is 0. The highest BCUT2D eigenvalue weighted by atomic mass is 19.3.